The van der Waals surface area contributed by atoms with Crippen molar-refractivity contribution in [3.8, 4) is 0 Å². The Morgan fingerprint density at radius 2 is 1.15 bits per heavy atom. The molecule has 120 valence electrons. The maximum absolute atomic E-state index is 9.48. The lowest BCUT2D eigenvalue weighted by molar-refractivity contribution is 0.194. The van der Waals surface area contributed by atoms with Crippen LogP contribution in [0.25, 0.3) is 0 Å². The van der Waals surface area contributed by atoms with E-state index in [2.05, 4.69) is 13.5 Å². The zero-order valence-electron chi connectivity index (χ0n) is 13.7. The molecule has 0 saturated heterocycles. The van der Waals surface area contributed by atoms with Gasteiger partial charge < -0.3 is 10.8 Å². The summed E-state index contributed by atoms with van der Waals surface area (Å²) in [6.45, 7) is 5.83. The van der Waals surface area contributed by atoms with Gasteiger partial charge in [0.2, 0.25) is 0 Å². The lowest BCUT2D eigenvalue weighted by Gasteiger charge is -2.09. The summed E-state index contributed by atoms with van der Waals surface area (Å²) in [5, 5.41) is 9.48. The Hall–Kier alpha value is -0.500. The minimum absolute atomic E-state index is 0.406. The molecular formula is C18H37NO. The van der Waals surface area contributed by atoms with Gasteiger partial charge in [-0.2, -0.15) is 0 Å². The van der Waals surface area contributed by atoms with Crippen LogP contribution in [0.2, 0.25) is 0 Å². The molecule has 0 aliphatic carbocycles. The molecule has 0 heterocycles. The van der Waals surface area contributed by atoms with Crippen molar-refractivity contribution >= 4 is 0 Å². The SMILES string of the molecule is C=C(N)C(O)CCCCCCCCCCCCCCC. The summed E-state index contributed by atoms with van der Waals surface area (Å²) in [4.78, 5) is 0. The lowest BCUT2D eigenvalue weighted by Crippen LogP contribution is -2.15. The molecular weight excluding hydrogens is 246 g/mol. The maximum atomic E-state index is 9.48. The van der Waals surface area contributed by atoms with E-state index in [1.165, 1.54) is 77.0 Å². The minimum Gasteiger partial charge on any atom is -0.400 e. The average molecular weight is 283 g/mol. The average Bonchev–Trinajstić information content (AvgIpc) is 2.43. The molecule has 0 aromatic carbocycles. The highest BCUT2D eigenvalue weighted by Crippen LogP contribution is 2.13. The fraction of sp³-hybridized carbons (Fsp3) is 0.889. The first-order valence-corrected chi connectivity index (χ1v) is 8.80. The molecule has 0 aliphatic heterocycles. The highest BCUT2D eigenvalue weighted by Gasteiger charge is 2.03. The molecule has 3 N–H and O–H groups in total. The fourth-order valence-electron chi connectivity index (χ4n) is 2.54. The minimum atomic E-state index is -0.497. The van der Waals surface area contributed by atoms with Crippen LogP contribution >= 0.6 is 0 Å². The molecule has 0 fully saturated rings. The van der Waals surface area contributed by atoms with Crippen LogP contribution in [-0.2, 0) is 0 Å². The standard InChI is InChI=1S/C18H37NO/c1-3-4-5-6-7-8-9-10-11-12-13-14-15-16-18(20)17(2)19/h18,20H,2-16,19H2,1H3. The summed E-state index contributed by atoms with van der Waals surface area (Å²) in [6, 6.07) is 0. The molecule has 0 saturated carbocycles. The quantitative estimate of drug-likeness (QED) is 0.400. The Balaban J connectivity index is 3.04. The summed E-state index contributed by atoms with van der Waals surface area (Å²) in [7, 11) is 0. The van der Waals surface area contributed by atoms with Gasteiger partial charge >= 0.3 is 0 Å². The van der Waals surface area contributed by atoms with Gasteiger partial charge in [-0.05, 0) is 6.42 Å². The molecule has 2 heteroatoms. The summed E-state index contributed by atoms with van der Waals surface area (Å²) < 4.78 is 0. The fourth-order valence-corrected chi connectivity index (χ4v) is 2.54. The van der Waals surface area contributed by atoms with Crippen molar-refractivity contribution in [1.29, 1.82) is 0 Å². The van der Waals surface area contributed by atoms with Crippen LogP contribution in [0.1, 0.15) is 96.8 Å². The molecule has 0 amide bonds. The van der Waals surface area contributed by atoms with Gasteiger partial charge in [-0.1, -0.05) is 97.0 Å². The van der Waals surface area contributed by atoms with Crippen molar-refractivity contribution in [2.45, 2.75) is 103 Å². The smallest absolute Gasteiger partial charge is 0.0926 e. The predicted octanol–water partition coefficient (Wildman–Crippen LogP) is 5.30. The van der Waals surface area contributed by atoms with Crippen molar-refractivity contribution in [3.05, 3.63) is 12.3 Å². The third kappa shape index (κ3) is 13.9. The van der Waals surface area contributed by atoms with Gasteiger partial charge in [0.25, 0.3) is 0 Å². The van der Waals surface area contributed by atoms with Crippen molar-refractivity contribution in [2.24, 2.45) is 5.73 Å². The van der Waals surface area contributed by atoms with E-state index in [1.54, 1.807) is 0 Å². The largest absolute Gasteiger partial charge is 0.400 e. The van der Waals surface area contributed by atoms with E-state index in [-0.39, 0.29) is 0 Å². The first-order valence-electron chi connectivity index (χ1n) is 8.80. The Kier molecular flexibility index (Phi) is 14.5. The number of rotatable bonds is 15. The number of aliphatic hydroxyl groups excluding tert-OH is 1. The topological polar surface area (TPSA) is 46.2 Å². The van der Waals surface area contributed by atoms with Crippen molar-refractivity contribution < 1.29 is 5.11 Å². The van der Waals surface area contributed by atoms with E-state index in [1.807, 2.05) is 0 Å². The first kappa shape index (κ1) is 19.5. The number of unbranched alkanes of at least 4 members (excludes halogenated alkanes) is 12. The molecule has 0 bridgehead atoms. The Morgan fingerprint density at radius 3 is 1.50 bits per heavy atom. The first-order chi connectivity index (χ1) is 9.68. The normalized spacial score (nSPS) is 12.5. The molecule has 0 spiro atoms. The van der Waals surface area contributed by atoms with E-state index in [4.69, 9.17) is 5.73 Å². The molecule has 0 aromatic rings. The van der Waals surface area contributed by atoms with Crippen LogP contribution in [0.5, 0.6) is 0 Å². The van der Waals surface area contributed by atoms with Gasteiger partial charge in [0.15, 0.2) is 0 Å². The van der Waals surface area contributed by atoms with Crippen molar-refractivity contribution in [1.82, 2.24) is 0 Å². The lowest BCUT2D eigenvalue weighted by atomic mass is 10.0. The third-order valence-corrected chi connectivity index (χ3v) is 4.01. The molecule has 20 heavy (non-hydrogen) atoms. The number of hydrogen-bond acceptors (Lipinski definition) is 2. The Morgan fingerprint density at radius 1 is 0.800 bits per heavy atom. The zero-order valence-corrected chi connectivity index (χ0v) is 13.7. The number of aliphatic hydroxyl groups is 1. The Bertz CT molecular complexity index is 215. The van der Waals surface area contributed by atoms with Crippen molar-refractivity contribution in [2.75, 3.05) is 0 Å². The molecule has 1 atom stereocenters. The molecule has 2 nitrogen and oxygen atoms in total. The van der Waals surface area contributed by atoms with Crippen LogP contribution in [0, 0.1) is 0 Å². The van der Waals surface area contributed by atoms with Gasteiger partial charge in [0, 0.05) is 5.70 Å². The van der Waals surface area contributed by atoms with Gasteiger partial charge in [0.05, 0.1) is 6.10 Å². The molecule has 0 aromatic heterocycles. The van der Waals surface area contributed by atoms with E-state index in [9.17, 15) is 5.11 Å². The zero-order chi connectivity index (χ0) is 15.1. The predicted molar refractivity (Wildman–Crippen MR) is 89.6 cm³/mol. The molecule has 0 rings (SSSR count). The van der Waals surface area contributed by atoms with Gasteiger partial charge in [-0.3, -0.25) is 0 Å². The monoisotopic (exact) mass is 283 g/mol. The van der Waals surface area contributed by atoms with Gasteiger partial charge in [-0.15, -0.1) is 0 Å². The molecule has 1 unspecified atom stereocenters. The van der Waals surface area contributed by atoms with E-state index in [0.717, 1.165) is 12.8 Å². The summed E-state index contributed by atoms with van der Waals surface area (Å²) in [5.74, 6) is 0. The van der Waals surface area contributed by atoms with Gasteiger partial charge in [0.1, 0.15) is 0 Å². The summed E-state index contributed by atoms with van der Waals surface area (Å²) in [6.07, 6.45) is 17.8. The second kappa shape index (κ2) is 14.9. The maximum Gasteiger partial charge on any atom is 0.0926 e. The molecule has 0 radical (unpaired) electrons. The number of hydrogen-bond donors (Lipinski definition) is 2. The van der Waals surface area contributed by atoms with Crippen LogP contribution in [0.4, 0.5) is 0 Å². The Labute approximate surface area is 126 Å². The van der Waals surface area contributed by atoms with Crippen molar-refractivity contribution in [3.63, 3.8) is 0 Å². The van der Waals surface area contributed by atoms with Crippen LogP contribution < -0.4 is 5.73 Å². The van der Waals surface area contributed by atoms with E-state index in [0.29, 0.717) is 5.70 Å². The second-order valence-electron chi connectivity index (χ2n) is 6.12. The van der Waals surface area contributed by atoms with E-state index >= 15 is 0 Å². The highest BCUT2D eigenvalue weighted by atomic mass is 16.3. The van der Waals surface area contributed by atoms with Crippen LogP contribution in [-0.4, -0.2) is 11.2 Å². The summed E-state index contributed by atoms with van der Waals surface area (Å²) in [5.41, 5.74) is 5.85. The summed E-state index contributed by atoms with van der Waals surface area (Å²) >= 11 is 0. The molecule has 0 aliphatic rings. The van der Waals surface area contributed by atoms with E-state index < -0.39 is 6.10 Å². The van der Waals surface area contributed by atoms with Crippen LogP contribution in [0.15, 0.2) is 12.3 Å². The highest BCUT2D eigenvalue weighted by molar-refractivity contribution is 4.94. The third-order valence-electron chi connectivity index (χ3n) is 4.01. The second-order valence-corrected chi connectivity index (χ2v) is 6.12. The van der Waals surface area contributed by atoms with Crippen LogP contribution in [0.3, 0.4) is 0 Å². The number of nitrogens with two attached hydrogens (primary N) is 1. The van der Waals surface area contributed by atoms with Gasteiger partial charge in [-0.25, -0.2) is 0 Å².